The van der Waals surface area contributed by atoms with Crippen molar-refractivity contribution in [3.05, 3.63) is 42.2 Å². The Kier molecular flexibility index (Phi) is 5.64. The molecule has 0 aliphatic carbocycles. The highest BCUT2D eigenvalue weighted by molar-refractivity contribution is 5.96. The standard InChI is InChI=1S/C20H22FN5O4/c1-29-17-6-7-18(23-22-17)30-14-8-9-24(12-14)19(27)13-25-10-11-26(20(25)28)16-5-3-2-4-15(16)21/h2-7,14H,8-13H2,1H3. The molecule has 0 saturated carbocycles. The first kappa shape index (κ1) is 19.9. The molecule has 1 aromatic heterocycles. The molecule has 158 valence electrons. The molecular weight excluding hydrogens is 393 g/mol. The van der Waals surface area contributed by atoms with Crippen LogP contribution in [0.3, 0.4) is 0 Å². The Labute approximate surface area is 173 Å². The minimum Gasteiger partial charge on any atom is -0.480 e. The van der Waals surface area contributed by atoms with Crippen molar-refractivity contribution >= 4 is 17.6 Å². The zero-order valence-electron chi connectivity index (χ0n) is 16.5. The summed E-state index contributed by atoms with van der Waals surface area (Å²) in [5.74, 6) is 0.140. The summed E-state index contributed by atoms with van der Waals surface area (Å²) in [6.07, 6.45) is 0.468. The Bertz CT molecular complexity index is 926. The molecule has 4 rings (SSSR count). The second kappa shape index (κ2) is 8.52. The van der Waals surface area contributed by atoms with E-state index >= 15 is 0 Å². The summed E-state index contributed by atoms with van der Waals surface area (Å²) in [7, 11) is 1.51. The van der Waals surface area contributed by atoms with Gasteiger partial charge >= 0.3 is 6.03 Å². The lowest BCUT2D eigenvalue weighted by molar-refractivity contribution is -0.130. The molecule has 2 saturated heterocycles. The molecule has 1 unspecified atom stereocenters. The molecule has 1 atom stereocenters. The number of para-hydroxylation sites is 1. The third kappa shape index (κ3) is 4.12. The van der Waals surface area contributed by atoms with Crippen LogP contribution >= 0.6 is 0 Å². The van der Waals surface area contributed by atoms with Gasteiger partial charge in [0.2, 0.25) is 17.7 Å². The number of nitrogens with zero attached hydrogens (tertiary/aromatic N) is 5. The normalized spacial score (nSPS) is 18.8. The Hall–Kier alpha value is -3.43. The van der Waals surface area contributed by atoms with Crippen LogP contribution in [0.1, 0.15) is 6.42 Å². The zero-order valence-corrected chi connectivity index (χ0v) is 16.5. The zero-order chi connectivity index (χ0) is 21.1. The number of hydrogen-bond donors (Lipinski definition) is 0. The number of carbonyl (C=O) groups excluding carboxylic acids is 2. The van der Waals surface area contributed by atoms with Gasteiger partial charge in [-0.25, -0.2) is 9.18 Å². The van der Waals surface area contributed by atoms with E-state index in [9.17, 15) is 14.0 Å². The Morgan fingerprint density at radius 1 is 1.13 bits per heavy atom. The average Bonchev–Trinajstić information content (AvgIpc) is 3.36. The van der Waals surface area contributed by atoms with Gasteiger partial charge in [-0.2, -0.15) is 0 Å². The van der Waals surface area contributed by atoms with E-state index in [1.807, 2.05) is 0 Å². The van der Waals surface area contributed by atoms with Crippen LogP contribution < -0.4 is 14.4 Å². The van der Waals surface area contributed by atoms with E-state index in [4.69, 9.17) is 9.47 Å². The monoisotopic (exact) mass is 415 g/mol. The number of anilines is 1. The Balaban J connectivity index is 1.30. The van der Waals surface area contributed by atoms with Crippen molar-refractivity contribution in [3.63, 3.8) is 0 Å². The summed E-state index contributed by atoms with van der Waals surface area (Å²) in [6.45, 7) is 1.61. The molecule has 0 bridgehead atoms. The summed E-state index contributed by atoms with van der Waals surface area (Å²) in [5.41, 5.74) is 0.229. The van der Waals surface area contributed by atoms with Crippen molar-refractivity contribution in [1.82, 2.24) is 20.0 Å². The van der Waals surface area contributed by atoms with Crippen molar-refractivity contribution in [2.24, 2.45) is 0 Å². The van der Waals surface area contributed by atoms with E-state index in [2.05, 4.69) is 10.2 Å². The number of rotatable bonds is 6. The number of halogens is 1. The molecule has 2 aliphatic rings. The van der Waals surface area contributed by atoms with E-state index < -0.39 is 5.82 Å². The second-order valence-corrected chi connectivity index (χ2v) is 7.09. The SMILES string of the molecule is COc1ccc(OC2CCN(C(=O)CN3CCN(c4ccccc4F)C3=O)C2)nn1. The molecular formula is C20H22FN5O4. The van der Waals surface area contributed by atoms with Gasteiger partial charge < -0.3 is 19.3 Å². The summed E-state index contributed by atoms with van der Waals surface area (Å²) in [6, 6.07) is 9.07. The van der Waals surface area contributed by atoms with Gasteiger partial charge in [-0.15, -0.1) is 10.2 Å². The second-order valence-electron chi connectivity index (χ2n) is 7.09. The third-order valence-corrected chi connectivity index (χ3v) is 5.17. The largest absolute Gasteiger partial charge is 0.480 e. The number of likely N-dealkylation sites (tertiary alicyclic amines) is 1. The van der Waals surface area contributed by atoms with Crippen LogP contribution in [0.4, 0.5) is 14.9 Å². The summed E-state index contributed by atoms with van der Waals surface area (Å²) < 4.78 is 24.7. The highest BCUT2D eigenvalue weighted by atomic mass is 19.1. The predicted octanol–water partition coefficient (Wildman–Crippen LogP) is 1.55. The van der Waals surface area contributed by atoms with Crippen LogP contribution in [0.5, 0.6) is 11.8 Å². The first-order chi connectivity index (χ1) is 14.5. The van der Waals surface area contributed by atoms with Crippen molar-refractivity contribution in [2.45, 2.75) is 12.5 Å². The lowest BCUT2D eigenvalue weighted by atomic mass is 10.3. The van der Waals surface area contributed by atoms with E-state index in [1.54, 1.807) is 35.2 Å². The highest BCUT2D eigenvalue weighted by Gasteiger charge is 2.35. The summed E-state index contributed by atoms with van der Waals surface area (Å²) in [5, 5.41) is 7.79. The maximum Gasteiger partial charge on any atom is 0.325 e. The predicted molar refractivity (Wildman–Crippen MR) is 105 cm³/mol. The number of benzene rings is 1. The molecule has 0 N–H and O–H groups in total. The maximum atomic E-state index is 14.0. The smallest absolute Gasteiger partial charge is 0.325 e. The van der Waals surface area contributed by atoms with Gasteiger partial charge in [0.05, 0.1) is 19.3 Å². The lowest BCUT2D eigenvalue weighted by Crippen LogP contribution is -2.42. The quantitative estimate of drug-likeness (QED) is 0.711. The minimum atomic E-state index is -0.458. The van der Waals surface area contributed by atoms with Crippen LogP contribution in [0, 0.1) is 5.82 Å². The molecule has 0 spiro atoms. The van der Waals surface area contributed by atoms with Gasteiger partial charge in [0.25, 0.3) is 0 Å². The van der Waals surface area contributed by atoms with Crippen molar-refractivity contribution < 1.29 is 23.5 Å². The molecule has 2 fully saturated rings. The highest BCUT2D eigenvalue weighted by Crippen LogP contribution is 2.24. The molecule has 1 aromatic carbocycles. The molecule has 3 amide bonds. The molecule has 10 heteroatoms. The fraction of sp³-hybridized carbons (Fsp3) is 0.400. The fourth-order valence-corrected chi connectivity index (χ4v) is 3.59. The number of carbonyl (C=O) groups is 2. The summed E-state index contributed by atoms with van der Waals surface area (Å²) in [4.78, 5) is 29.8. The van der Waals surface area contributed by atoms with Crippen LogP contribution in [0.2, 0.25) is 0 Å². The molecule has 0 radical (unpaired) electrons. The van der Waals surface area contributed by atoms with Gasteiger partial charge in [-0.1, -0.05) is 12.1 Å². The van der Waals surface area contributed by atoms with Crippen molar-refractivity contribution in [2.75, 3.05) is 44.7 Å². The third-order valence-electron chi connectivity index (χ3n) is 5.17. The van der Waals surface area contributed by atoms with E-state index in [-0.39, 0.29) is 30.3 Å². The minimum absolute atomic E-state index is 0.0428. The Morgan fingerprint density at radius 2 is 1.90 bits per heavy atom. The Morgan fingerprint density at radius 3 is 2.63 bits per heavy atom. The van der Waals surface area contributed by atoms with E-state index in [0.717, 1.165) is 0 Å². The van der Waals surface area contributed by atoms with Crippen LogP contribution in [0.15, 0.2) is 36.4 Å². The van der Waals surface area contributed by atoms with E-state index in [1.165, 1.54) is 23.0 Å². The number of aromatic nitrogens is 2. The number of methoxy groups -OCH3 is 1. The van der Waals surface area contributed by atoms with Gasteiger partial charge in [0.1, 0.15) is 18.5 Å². The molecule has 9 nitrogen and oxygen atoms in total. The first-order valence-electron chi connectivity index (χ1n) is 9.68. The molecule has 3 heterocycles. The van der Waals surface area contributed by atoms with Crippen molar-refractivity contribution in [3.8, 4) is 11.8 Å². The topological polar surface area (TPSA) is 88.1 Å². The van der Waals surface area contributed by atoms with Crippen LogP contribution in [0.25, 0.3) is 0 Å². The molecule has 30 heavy (non-hydrogen) atoms. The maximum absolute atomic E-state index is 14.0. The average molecular weight is 415 g/mol. The molecule has 2 aliphatic heterocycles. The number of urea groups is 1. The van der Waals surface area contributed by atoms with Gasteiger partial charge in [0, 0.05) is 38.2 Å². The number of amides is 3. The van der Waals surface area contributed by atoms with E-state index in [0.29, 0.717) is 44.4 Å². The van der Waals surface area contributed by atoms with Crippen LogP contribution in [-0.2, 0) is 4.79 Å². The van der Waals surface area contributed by atoms with Gasteiger partial charge in [-0.05, 0) is 12.1 Å². The fourth-order valence-electron chi connectivity index (χ4n) is 3.59. The van der Waals surface area contributed by atoms with Gasteiger partial charge in [-0.3, -0.25) is 9.69 Å². The number of hydrogen-bond acceptors (Lipinski definition) is 6. The lowest BCUT2D eigenvalue weighted by Gasteiger charge is -2.22. The van der Waals surface area contributed by atoms with Crippen LogP contribution in [-0.4, -0.2) is 77.9 Å². The molecule has 2 aromatic rings. The first-order valence-corrected chi connectivity index (χ1v) is 9.68. The summed E-state index contributed by atoms with van der Waals surface area (Å²) >= 11 is 0. The van der Waals surface area contributed by atoms with Crippen molar-refractivity contribution in [1.29, 1.82) is 0 Å². The number of ether oxygens (including phenoxy) is 2. The van der Waals surface area contributed by atoms with Gasteiger partial charge in [0.15, 0.2) is 0 Å².